The Bertz CT molecular complexity index is 338. The number of hydrogen-bond acceptors (Lipinski definition) is 3. The van der Waals surface area contributed by atoms with Crippen LogP contribution in [-0.2, 0) is 5.60 Å². The van der Waals surface area contributed by atoms with Crippen LogP contribution in [0.5, 0.6) is 0 Å². The van der Waals surface area contributed by atoms with Crippen LogP contribution in [0.3, 0.4) is 0 Å². The molecular weight excluding hydrogens is 220 g/mol. The fourth-order valence-corrected chi connectivity index (χ4v) is 2.01. The summed E-state index contributed by atoms with van der Waals surface area (Å²) in [6.07, 6.45) is 0. The first-order chi connectivity index (χ1) is 7.10. The second-order valence-electron chi connectivity index (χ2n) is 3.54. The Morgan fingerprint density at radius 2 is 1.87 bits per heavy atom. The summed E-state index contributed by atoms with van der Waals surface area (Å²) in [5.74, 6) is -2.40. The molecule has 1 fully saturated rings. The minimum absolute atomic E-state index is 0.513. The van der Waals surface area contributed by atoms with Gasteiger partial charge in [-0.1, -0.05) is 23.9 Å². The van der Waals surface area contributed by atoms with Gasteiger partial charge < -0.3 is 10.4 Å². The molecule has 0 aromatic heterocycles. The van der Waals surface area contributed by atoms with Crippen LogP contribution in [0.15, 0.2) is 29.2 Å². The Hall–Kier alpha value is -0.650. The van der Waals surface area contributed by atoms with Gasteiger partial charge in [0.1, 0.15) is 5.60 Å². The third-order valence-corrected chi connectivity index (χ3v) is 3.17. The fraction of sp³-hybridized carbons (Fsp3) is 0.400. The van der Waals surface area contributed by atoms with Crippen molar-refractivity contribution in [2.24, 2.45) is 0 Å². The minimum atomic E-state index is -2.40. The van der Waals surface area contributed by atoms with E-state index in [0.29, 0.717) is 29.7 Å². The van der Waals surface area contributed by atoms with Crippen LogP contribution in [0.1, 0.15) is 5.56 Å². The molecule has 0 radical (unpaired) electrons. The van der Waals surface area contributed by atoms with Gasteiger partial charge in [0.15, 0.2) is 0 Å². The molecule has 1 aliphatic rings. The number of β-amino-alcohol motifs (C(OH)–C–C–N with tert-alkyl or cyclic N) is 1. The number of halogens is 2. The SMILES string of the molecule is OC1(c2ccc(SC(F)F)cc2)CNC1. The zero-order valence-electron chi connectivity index (χ0n) is 7.91. The van der Waals surface area contributed by atoms with E-state index >= 15 is 0 Å². The van der Waals surface area contributed by atoms with Crippen molar-refractivity contribution in [3.8, 4) is 0 Å². The third-order valence-electron chi connectivity index (χ3n) is 2.45. The van der Waals surface area contributed by atoms with E-state index in [1.807, 2.05) is 0 Å². The van der Waals surface area contributed by atoms with E-state index in [1.165, 1.54) is 0 Å². The van der Waals surface area contributed by atoms with Crippen LogP contribution in [-0.4, -0.2) is 24.0 Å². The van der Waals surface area contributed by atoms with Gasteiger partial charge in [-0.2, -0.15) is 8.78 Å². The summed E-state index contributed by atoms with van der Waals surface area (Å²) in [6, 6.07) is 6.63. The number of aliphatic hydroxyl groups is 1. The van der Waals surface area contributed by atoms with Gasteiger partial charge in [0.05, 0.1) is 0 Å². The summed E-state index contributed by atoms with van der Waals surface area (Å²) < 4.78 is 24.1. The van der Waals surface area contributed by atoms with Gasteiger partial charge in [0.25, 0.3) is 5.76 Å². The molecule has 0 saturated carbocycles. The molecule has 82 valence electrons. The fourth-order valence-electron chi connectivity index (χ4n) is 1.51. The Labute approximate surface area is 90.7 Å². The van der Waals surface area contributed by atoms with Crippen molar-refractivity contribution in [1.82, 2.24) is 5.32 Å². The predicted octanol–water partition coefficient (Wildman–Crippen LogP) is 1.79. The summed E-state index contributed by atoms with van der Waals surface area (Å²) in [6.45, 7) is 1.04. The largest absolute Gasteiger partial charge is 0.382 e. The number of rotatable bonds is 3. The molecule has 0 bridgehead atoms. The van der Waals surface area contributed by atoms with E-state index in [9.17, 15) is 13.9 Å². The minimum Gasteiger partial charge on any atom is -0.382 e. The first-order valence-electron chi connectivity index (χ1n) is 4.59. The van der Waals surface area contributed by atoms with Crippen LogP contribution in [0.4, 0.5) is 8.78 Å². The first kappa shape index (κ1) is 10.9. The Balaban J connectivity index is 2.10. The average molecular weight is 231 g/mol. The molecule has 2 rings (SSSR count). The second kappa shape index (κ2) is 4.08. The molecule has 0 aliphatic carbocycles. The maximum Gasteiger partial charge on any atom is 0.288 e. The van der Waals surface area contributed by atoms with Crippen LogP contribution in [0.25, 0.3) is 0 Å². The molecule has 1 aromatic carbocycles. The molecule has 5 heteroatoms. The standard InChI is InChI=1S/C10H11F2NOS/c11-9(12)15-8-3-1-7(2-4-8)10(14)5-13-6-10/h1-4,9,13-14H,5-6H2. The van der Waals surface area contributed by atoms with Crippen LogP contribution in [0, 0.1) is 0 Å². The Morgan fingerprint density at radius 3 is 2.27 bits per heavy atom. The van der Waals surface area contributed by atoms with E-state index in [0.717, 1.165) is 5.56 Å². The maximum atomic E-state index is 12.0. The van der Waals surface area contributed by atoms with Gasteiger partial charge in [0, 0.05) is 18.0 Å². The highest BCUT2D eigenvalue weighted by Crippen LogP contribution is 2.29. The third kappa shape index (κ3) is 2.30. The van der Waals surface area contributed by atoms with E-state index < -0.39 is 11.4 Å². The molecule has 0 spiro atoms. The topological polar surface area (TPSA) is 32.3 Å². The molecule has 1 aliphatic heterocycles. The van der Waals surface area contributed by atoms with Gasteiger partial charge in [0.2, 0.25) is 0 Å². The molecule has 1 saturated heterocycles. The molecule has 1 heterocycles. The lowest BCUT2D eigenvalue weighted by Gasteiger charge is -2.38. The number of thioether (sulfide) groups is 1. The average Bonchev–Trinajstić information content (AvgIpc) is 2.14. The molecule has 2 nitrogen and oxygen atoms in total. The summed E-state index contributed by atoms with van der Waals surface area (Å²) in [5, 5.41) is 12.9. The Kier molecular flexibility index (Phi) is 2.95. The van der Waals surface area contributed by atoms with Crippen molar-refractivity contribution in [2.45, 2.75) is 16.3 Å². The monoisotopic (exact) mass is 231 g/mol. The van der Waals surface area contributed by atoms with Gasteiger partial charge in [-0.05, 0) is 17.7 Å². The van der Waals surface area contributed by atoms with E-state index in [4.69, 9.17) is 0 Å². The van der Waals surface area contributed by atoms with Crippen molar-refractivity contribution in [1.29, 1.82) is 0 Å². The predicted molar refractivity (Wildman–Crippen MR) is 55.1 cm³/mol. The summed E-state index contributed by atoms with van der Waals surface area (Å²) in [5.41, 5.74) is -0.0338. The normalized spacial score (nSPS) is 18.9. The summed E-state index contributed by atoms with van der Waals surface area (Å²) in [4.78, 5) is 0.518. The van der Waals surface area contributed by atoms with Gasteiger partial charge >= 0.3 is 0 Å². The van der Waals surface area contributed by atoms with Crippen LogP contribution >= 0.6 is 11.8 Å². The number of nitrogens with one attached hydrogen (secondary N) is 1. The van der Waals surface area contributed by atoms with E-state index in [-0.39, 0.29) is 0 Å². The molecule has 15 heavy (non-hydrogen) atoms. The molecule has 0 unspecified atom stereocenters. The Morgan fingerprint density at radius 1 is 1.27 bits per heavy atom. The van der Waals surface area contributed by atoms with Crippen molar-refractivity contribution >= 4 is 11.8 Å². The van der Waals surface area contributed by atoms with Crippen molar-refractivity contribution in [2.75, 3.05) is 13.1 Å². The van der Waals surface area contributed by atoms with Gasteiger partial charge in [-0.25, -0.2) is 0 Å². The smallest absolute Gasteiger partial charge is 0.288 e. The first-order valence-corrected chi connectivity index (χ1v) is 5.47. The quantitative estimate of drug-likeness (QED) is 0.778. The highest BCUT2D eigenvalue weighted by molar-refractivity contribution is 7.99. The second-order valence-corrected chi connectivity index (χ2v) is 4.60. The van der Waals surface area contributed by atoms with Crippen LogP contribution in [0.2, 0.25) is 0 Å². The lowest BCUT2D eigenvalue weighted by molar-refractivity contribution is -0.0146. The number of hydrogen-bond donors (Lipinski definition) is 2. The van der Waals surface area contributed by atoms with Gasteiger partial charge in [-0.15, -0.1) is 0 Å². The molecule has 0 amide bonds. The van der Waals surface area contributed by atoms with Crippen LogP contribution < -0.4 is 5.32 Å². The van der Waals surface area contributed by atoms with E-state index in [2.05, 4.69) is 5.32 Å². The summed E-state index contributed by atoms with van der Waals surface area (Å²) >= 11 is 0.513. The summed E-state index contributed by atoms with van der Waals surface area (Å²) in [7, 11) is 0. The maximum absolute atomic E-state index is 12.0. The molecule has 2 N–H and O–H groups in total. The van der Waals surface area contributed by atoms with Crippen molar-refractivity contribution < 1.29 is 13.9 Å². The molecule has 1 aromatic rings. The number of benzene rings is 1. The van der Waals surface area contributed by atoms with E-state index in [1.54, 1.807) is 24.3 Å². The highest BCUT2D eigenvalue weighted by Gasteiger charge is 2.35. The molecular formula is C10H11F2NOS. The highest BCUT2D eigenvalue weighted by atomic mass is 32.2. The molecule has 0 atom stereocenters. The number of alkyl halides is 2. The van der Waals surface area contributed by atoms with Gasteiger partial charge in [-0.3, -0.25) is 0 Å². The van der Waals surface area contributed by atoms with Crippen molar-refractivity contribution in [3.63, 3.8) is 0 Å². The zero-order valence-corrected chi connectivity index (χ0v) is 8.73. The lowest BCUT2D eigenvalue weighted by Crippen LogP contribution is -2.56. The van der Waals surface area contributed by atoms with Crippen molar-refractivity contribution in [3.05, 3.63) is 29.8 Å². The lowest BCUT2D eigenvalue weighted by atomic mass is 9.88. The zero-order chi connectivity index (χ0) is 10.9.